The van der Waals surface area contributed by atoms with E-state index in [1.165, 1.54) is 16.8 Å². The van der Waals surface area contributed by atoms with Crippen LogP contribution in [-0.2, 0) is 0 Å². The van der Waals surface area contributed by atoms with Gasteiger partial charge in [-0.15, -0.1) is 0 Å². The van der Waals surface area contributed by atoms with E-state index < -0.39 is 10.5 Å². The van der Waals surface area contributed by atoms with Gasteiger partial charge in [0.05, 0.1) is 10.6 Å². The van der Waals surface area contributed by atoms with E-state index in [0.29, 0.717) is 22.5 Å². The van der Waals surface area contributed by atoms with Crippen molar-refractivity contribution in [2.24, 2.45) is 5.10 Å². The van der Waals surface area contributed by atoms with Crippen LogP contribution in [0.25, 0.3) is 0 Å². The minimum Gasteiger partial charge on any atom is -0.266 e. The number of nitro benzene ring substituents is 1. The molecular formula is C16H14N4O3. The highest BCUT2D eigenvalue weighted by atomic mass is 16.6. The number of nitro groups is 1. The van der Waals surface area contributed by atoms with Gasteiger partial charge in [-0.25, -0.2) is 4.68 Å². The molecule has 0 radical (unpaired) electrons. The summed E-state index contributed by atoms with van der Waals surface area (Å²) < 4.78 is 1.17. The molecule has 1 aromatic heterocycles. The van der Waals surface area contributed by atoms with Crippen molar-refractivity contribution in [2.75, 3.05) is 0 Å². The van der Waals surface area contributed by atoms with Gasteiger partial charge in [0.2, 0.25) is 0 Å². The first kappa shape index (κ1) is 16.1. The highest BCUT2D eigenvalue weighted by Crippen LogP contribution is 2.13. The molecule has 0 saturated heterocycles. The fourth-order valence-corrected chi connectivity index (χ4v) is 2.17. The molecule has 0 unspecified atom stereocenters. The summed E-state index contributed by atoms with van der Waals surface area (Å²) >= 11 is 0. The zero-order chi connectivity index (χ0) is 17.1. The monoisotopic (exact) mass is 310 g/mol. The van der Waals surface area contributed by atoms with Crippen LogP contribution in [0.2, 0.25) is 0 Å². The lowest BCUT2D eigenvalue weighted by molar-refractivity contribution is -0.384. The summed E-state index contributed by atoms with van der Waals surface area (Å²) in [6, 6.07) is 9.48. The minimum absolute atomic E-state index is 0.0167. The Balaban J connectivity index is 2.52. The molecule has 2 aromatic rings. The number of nitrogens with zero attached hydrogens (tertiary/aromatic N) is 4. The average Bonchev–Trinajstić information content (AvgIpc) is 2.51. The molecule has 0 N–H and O–H groups in total. The van der Waals surface area contributed by atoms with E-state index >= 15 is 0 Å². The second kappa shape index (κ2) is 6.23. The fourth-order valence-electron chi connectivity index (χ4n) is 2.17. The number of hydrogen-bond donors (Lipinski definition) is 0. The van der Waals surface area contributed by atoms with Crippen LogP contribution in [-0.4, -0.2) is 15.3 Å². The first-order chi connectivity index (χ1) is 10.8. The second-order valence-corrected chi connectivity index (χ2v) is 5.06. The lowest BCUT2D eigenvalue weighted by Crippen LogP contribution is -2.23. The van der Waals surface area contributed by atoms with Crippen molar-refractivity contribution < 1.29 is 4.92 Å². The van der Waals surface area contributed by atoms with Gasteiger partial charge in [-0.2, -0.15) is 10.4 Å². The predicted molar refractivity (Wildman–Crippen MR) is 85.6 cm³/mol. The predicted octanol–water partition coefficient (Wildman–Crippen LogP) is 2.52. The van der Waals surface area contributed by atoms with Crippen molar-refractivity contribution >= 4 is 11.4 Å². The van der Waals surface area contributed by atoms with Crippen LogP contribution in [0.15, 0.2) is 40.2 Å². The molecule has 116 valence electrons. The SMILES string of the molecule is C/C(=N/n1c(C)cc(C)c(C#N)c1=O)c1ccc([N+](=O)[O-])cc1. The molecule has 7 heteroatoms. The molecule has 0 aliphatic carbocycles. The average molecular weight is 310 g/mol. The highest BCUT2D eigenvalue weighted by Gasteiger charge is 2.11. The topological polar surface area (TPSA) is 101 Å². The maximum atomic E-state index is 12.3. The third kappa shape index (κ3) is 3.16. The molecule has 0 amide bonds. The molecule has 0 fully saturated rings. The zero-order valence-corrected chi connectivity index (χ0v) is 12.9. The Morgan fingerprint density at radius 2 is 1.91 bits per heavy atom. The smallest absolute Gasteiger partial charge is 0.266 e. The van der Waals surface area contributed by atoms with Crippen molar-refractivity contribution in [3.8, 4) is 6.07 Å². The van der Waals surface area contributed by atoms with Crippen LogP contribution in [0.5, 0.6) is 0 Å². The summed E-state index contributed by atoms with van der Waals surface area (Å²) in [5.41, 5.74) is 1.93. The number of pyridine rings is 1. The number of rotatable bonds is 3. The fraction of sp³-hybridized carbons (Fsp3) is 0.188. The molecule has 1 aromatic carbocycles. The second-order valence-electron chi connectivity index (χ2n) is 5.06. The normalized spacial score (nSPS) is 11.1. The Morgan fingerprint density at radius 1 is 1.30 bits per heavy atom. The van der Waals surface area contributed by atoms with Gasteiger partial charge in [0.25, 0.3) is 11.2 Å². The minimum atomic E-state index is -0.482. The van der Waals surface area contributed by atoms with Crippen LogP contribution in [0.4, 0.5) is 5.69 Å². The largest absolute Gasteiger partial charge is 0.289 e. The summed E-state index contributed by atoms with van der Waals surface area (Å²) in [6.07, 6.45) is 0. The Bertz CT molecular complexity index is 903. The van der Waals surface area contributed by atoms with E-state index in [1.54, 1.807) is 39.0 Å². The first-order valence-electron chi connectivity index (χ1n) is 6.79. The summed E-state index contributed by atoms with van der Waals surface area (Å²) in [6.45, 7) is 5.12. The molecule has 2 rings (SSSR count). The number of nitriles is 1. The Kier molecular flexibility index (Phi) is 4.37. The standard InChI is InChI=1S/C16H14N4O3/c1-10-8-11(2)19(16(21)15(10)9-17)18-12(3)13-4-6-14(7-5-13)20(22)23/h4-8H,1-3H3/b18-12-. The molecule has 0 bridgehead atoms. The number of hydrogen-bond acceptors (Lipinski definition) is 5. The third-order valence-corrected chi connectivity index (χ3v) is 3.42. The van der Waals surface area contributed by atoms with Crippen LogP contribution < -0.4 is 5.56 Å². The maximum absolute atomic E-state index is 12.3. The van der Waals surface area contributed by atoms with Gasteiger partial charge in [0.1, 0.15) is 11.6 Å². The van der Waals surface area contributed by atoms with E-state index in [9.17, 15) is 14.9 Å². The van der Waals surface area contributed by atoms with Crippen LogP contribution in [0.1, 0.15) is 29.3 Å². The first-order valence-corrected chi connectivity index (χ1v) is 6.79. The van der Waals surface area contributed by atoms with Gasteiger partial charge in [0.15, 0.2) is 0 Å². The molecule has 23 heavy (non-hydrogen) atoms. The summed E-state index contributed by atoms with van der Waals surface area (Å²) in [7, 11) is 0. The maximum Gasteiger partial charge on any atom is 0.289 e. The Morgan fingerprint density at radius 3 is 2.43 bits per heavy atom. The Labute approximate surface area is 132 Å². The van der Waals surface area contributed by atoms with Gasteiger partial charge in [-0.3, -0.25) is 14.9 Å². The summed E-state index contributed by atoms with van der Waals surface area (Å²) in [4.78, 5) is 22.5. The highest BCUT2D eigenvalue weighted by molar-refractivity contribution is 5.98. The van der Waals surface area contributed by atoms with Crippen molar-refractivity contribution in [1.29, 1.82) is 5.26 Å². The van der Waals surface area contributed by atoms with E-state index in [4.69, 9.17) is 5.26 Å². The van der Waals surface area contributed by atoms with E-state index in [0.717, 1.165) is 0 Å². The molecule has 0 spiro atoms. The van der Waals surface area contributed by atoms with E-state index in [2.05, 4.69) is 5.10 Å². The van der Waals surface area contributed by atoms with Crippen LogP contribution >= 0.6 is 0 Å². The summed E-state index contributed by atoms with van der Waals surface area (Å²) in [5.74, 6) is 0. The van der Waals surface area contributed by atoms with Gasteiger partial charge in [-0.1, -0.05) is 0 Å². The molecule has 0 atom stereocenters. The molecule has 1 heterocycles. The number of aryl methyl sites for hydroxylation is 2. The van der Waals surface area contributed by atoms with Gasteiger partial charge in [0, 0.05) is 17.8 Å². The lowest BCUT2D eigenvalue weighted by atomic mass is 10.1. The lowest BCUT2D eigenvalue weighted by Gasteiger charge is -2.08. The number of non-ortho nitro benzene ring substituents is 1. The van der Waals surface area contributed by atoms with E-state index in [-0.39, 0.29) is 11.3 Å². The molecule has 0 saturated carbocycles. The zero-order valence-electron chi connectivity index (χ0n) is 12.9. The van der Waals surface area contributed by atoms with Crippen molar-refractivity contribution in [2.45, 2.75) is 20.8 Å². The van der Waals surface area contributed by atoms with E-state index in [1.807, 2.05) is 6.07 Å². The quantitative estimate of drug-likeness (QED) is 0.493. The summed E-state index contributed by atoms with van der Waals surface area (Å²) in [5, 5.41) is 24.0. The van der Waals surface area contributed by atoms with Crippen LogP contribution in [0, 0.1) is 35.3 Å². The molecular weight excluding hydrogens is 296 g/mol. The number of aromatic nitrogens is 1. The molecule has 0 aliphatic heterocycles. The third-order valence-electron chi connectivity index (χ3n) is 3.42. The molecule has 0 aliphatic rings. The van der Waals surface area contributed by atoms with Crippen molar-refractivity contribution in [3.63, 3.8) is 0 Å². The van der Waals surface area contributed by atoms with Crippen molar-refractivity contribution in [1.82, 2.24) is 4.68 Å². The van der Waals surface area contributed by atoms with Gasteiger partial charge < -0.3 is 0 Å². The van der Waals surface area contributed by atoms with Gasteiger partial charge >= 0.3 is 0 Å². The number of benzene rings is 1. The molecule has 7 nitrogen and oxygen atoms in total. The Hall–Kier alpha value is -3.27. The van der Waals surface area contributed by atoms with Crippen molar-refractivity contribution in [3.05, 3.63) is 73.2 Å². The van der Waals surface area contributed by atoms with Crippen LogP contribution in [0.3, 0.4) is 0 Å². The van der Waals surface area contributed by atoms with Gasteiger partial charge in [-0.05, 0) is 50.1 Å².